The Balaban J connectivity index is 2.40. The number of halogens is 3. The molecule has 0 heterocycles. The number of sulfonamides is 1. The molecule has 4 nitrogen and oxygen atoms in total. The highest BCUT2D eigenvalue weighted by molar-refractivity contribution is 7.89. The Morgan fingerprint density at radius 3 is 2.26 bits per heavy atom. The van der Waals surface area contributed by atoms with Crippen LogP contribution in [0, 0.1) is 0 Å². The lowest BCUT2D eigenvalue weighted by Crippen LogP contribution is -2.26. The van der Waals surface area contributed by atoms with Gasteiger partial charge in [0.1, 0.15) is 5.75 Å². The summed E-state index contributed by atoms with van der Waals surface area (Å²) in [5.41, 5.74) is 0.609. The smallest absolute Gasteiger partial charge is 0.389 e. The van der Waals surface area contributed by atoms with Crippen LogP contribution in [-0.4, -0.2) is 25.5 Å². The molecule has 0 saturated heterocycles. The van der Waals surface area contributed by atoms with Crippen LogP contribution in [0.4, 0.5) is 13.2 Å². The van der Waals surface area contributed by atoms with Crippen LogP contribution in [0.1, 0.15) is 18.4 Å². The van der Waals surface area contributed by atoms with Gasteiger partial charge in [-0.3, -0.25) is 0 Å². The number of hydrogen-bond acceptors (Lipinski definition) is 3. The maximum absolute atomic E-state index is 11.9. The van der Waals surface area contributed by atoms with Crippen molar-refractivity contribution in [2.24, 2.45) is 0 Å². The van der Waals surface area contributed by atoms with Gasteiger partial charge in [-0.1, -0.05) is 12.1 Å². The molecule has 19 heavy (non-hydrogen) atoms. The predicted octanol–water partition coefficient (Wildman–Crippen LogP) is 2.15. The van der Waals surface area contributed by atoms with E-state index < -0.39 is 34.8 Å². The summed E-state index contributed by atoms with van der Waals surface area (Å²) >= 11 is 0. The first-order valence-electron chi connectivity index (χ1n) is 5.50. The number of rotatable bonds is 6. The minimum absolute atomic E-state index is 0.0192. The standard InChI is InChI=1S/C11H14F3NO3S/c12-11(13,14)6-1-7-19(17,18)15-8-9-2-4-10(16)5-3-9/h2-5,15-16H,1,6-8H2. The fourth-order valence-corrected chi connectivity index (χ4v) is 2.40. The molecule has 1 rings (SSSR count). The molecule has 0 radical (unpaired) electrons. The second-order valence-electron chi connectivity index (χ2n) is 4.03. The third-order valence-corrected chi connectivity index (χ3v) is 3.72. The summed E-state index contributed by atoms with van der Waals surface area (Å²) in [5.74, 6) is -0.512. The van der Waals surface area contributed by atoms with Crippen LogP contribution >= 0.6 is 0 Å². The minimum Gasteiger partial charge on any atom is -0.508 e. The predicted molar refractivity (Wildman–Crippen MR) is 64.0 cm³/mol. The molecule has 0 aliphatic rings. The fraction of sp³-hybridized carbons (Fsp3) is 0.455. The van der Waals surface area contributed by atoms with E-state index in [4.69, 9.17) is 5.11 Å². The van der Waals surface area contributed by atoms with E-state index in [1.165, 1.54) is 24.3 Å². The normalized spacial score (nSPS) is 12.6. The number of phenolic OH excluding ortho intramolecular Hbond substituents is 1. The second-order valence-corrected chi connectivity index (χ2v) is 5.95. The third kappa shape index (κ3) is 7.02. The van der Waals surface area contributed by atoms with Gasteiger partial charge in [-0.15, -0.1) is 0 Å². The molecule has 0 saturated carbocycles. The summed E-state index contributed by atoms with van der Waals surface area (Å²) in [7, 11) is -3.72. The Morgan fingerprint density at radius 1 is 1.16 bits per heavy atom. The molecule has 1 aromatic carbocycles. The van der Waals surface area contributed by atoms with E-state index in [2.05, 4.69) is 4.72 Å². The van der Waals surface area contributed by atoms with E-state index in [1.54, 1.807) is 0 Å². The van der Waals surface area contributed by atoms with Crippen molar-refractivity contribution in [1.82, 2.24) is 4.72 Å². The molecule has 0 fully saturated rings. The van der Waals surface area contributed by atoms with Crippen molar-refractivity contribution >= 4 is 10.0 Å². The van der Waals surface area contributed by atoms with Gasteiger partial charge in [0, 0.05) is 13.0 Å². The third-order valence-electron chi connectivity index (χ3n) is 2.31. The largest absolute Gasteiger partial charge is 0.508 e. The van der Waals surface area contributed by atoms with Crippen LogP contribution in [0.25, 0.3) is 0 Å². The number of phenols is 1. The Bertz CT molecular complexity index is 497. The first kappa shape index (κ1) is 15.8. The fourth-order valence-electron chi connectivity index (χ4n) is 1.34. The Morgan fingerprint density at radius 2 is 1.74 bits per heavy atom. The second kappa shape index (κ2) is 6.25. The SMILES string of the molecule is O=S(=O)(CCCC(F)(F)F)NCc1ccc(O)cc1. The van der Waals surface area contributed by atoms with Gasteiger partial charge in [0.2, 0.25) is 10.0 Å². The summed E-state index contributed by atoms with van der Waals surface area (Å²) < 4.78 is 60.7. The van der Waals surface area contributed by atoms with Gasteiger partial charge in [0.25, 0.3) is 0 Å². The maximum Gasteiger partial charge on any atom is 0.389 e. The average molecular weight is 297 g/mol. The van der Waals surface area contributed by atoms with Crippen molar-refractivity contribution in [2.45, 2.75) is 25.6 Å². The molecule has 0 spiro atoms. The van der Waals surface area contributed by atoms with Crippen LogP contribution in [0.2, 0.25) is 0 Å². The van der Waals surface area contributed by atoms with Crippen LogP contribution in [0.3, 0.4) is 0 Å². The van der Waals surface area contributed by atoms with Crippen LogP contribution < -0.4 is 4.72 Å². The van der Waals surface area contributed by atoms with E-state index >= 15 is 0 Å². The minimum atomic E-state index is -4.34. The molecule has 108 valence electrons. The molecule has 0 amide bonds. The van der Waals surface area contributed by atoms with Gasteiger partial charge in [0.15, 0.2) is 0 Å². The molecular weight excluding hydrogens is 283 g/mol. The van der Waals surface area contributed by atoms with Crippen molar-refractivity contribution in [3.8, 4) is 5.75 Å². The van der Waals surface area contributed by atoms with Crippen molar-refractivity contribution in [3.05, 3.63) is 29.8 Å². The summed E-state index contributed by atoms with van der Waals surface area (Å²) in [6, 6.07) is 5.84. The maximum atomic E-state index is 11.9. The van der Waals surface area contributed by atoms with Gasteiger partial charge >= 0.3 is 6.18 Å². The molecule has 2 N–H and O–H groups in total. The van der Waals surface area contributed by atoms with E-state index in [9.17, 15) is 21.6 Å². The van der Waals surface area contributed by atoms with E-state index in [0.29, 0.717) is 5.56 Å². The molecule has 0 bridgehead atoms. The number of hydrogen-bond donors (Lipinski definition) is 2. The Kier molecular flexibility index (Phi) is 5.19. The van der Waals surface area contributed by atoms with Gasteiger partial charge < -0.3 is 5.11 Å². The highest BCUT2D eigenvalue weighted by atomic mass is 32.2. The van der Waals surface area contributed by atoms with Crippen molar-refractivity contribution in [1.29, 1.82) is 0 Å². The number of benzene rings is 1. The van der Waals surface area contributed by atoms with Gasteiger partial charge in [0.05, 0.1) is 5.75 Å². The van der Waals surface area contributed by atoms with Gasteiger partial charge in [-0.25, -0.2) is 13.1 Å². The summed E-state index contributed by atoms with van der Waals surface area (Å²) in [6.45, 7) is -0.0192. The first-order valence-corrected chi connectivity index (χ1v) is 7.15. The zero-order valence-electron chi connectivity index (χ0n) is 9.94. The molecule has 0 aliphatic carbocycles. The molecular formula is C11H14F3NO3S. The zero-order valence-corrected chi connectivity index (χ0v) is 10.8. The summed E-state index contributed by atoms with van der Waals surface area (Å²) in [4.78, 5) is 0. The number of alkyl halides is 3. The molecule has 8 heteroatoms. The van der Waals surface area contributed by atoms with Crippen molar-refractivity contribution in [2.75, 3.05) is 5.75 Å². The van der Waals surface area contributed by atoms with Gasteiger partial charge in [-0.2, -0.15) is 13.2 Å². The van der Waals surface area contributed by atoms with Crippen LogP contribution in [0.15, 0.2) is 24.3 Å². The Hall–Kier alpha value is -1.28. The highest BCUT2D eigenvalue weighted by Gasteiger charge is 2.27. The van der Waals surface area contributed by atoms with E-state index in [0.717, 1.165) is 0 Å². The quantitative estimate of drug-likeness (QED) is 0.845. The van der Waals surface area contributed by atoms with E-state index in [1.807, 2.05) is 0 Å². The first-order chi connectivity index (χ1) is 8.68. The lowest BCUT2D eigenvalue weighted by atomic mass is 10.2. The van der Waals surface area contributed by atoms with Crippen LogP contribution in [-0.2, 0) is 16.6 Å². The molecule has 1 aromatic rings. The van der Waals surface area contributed by atoms with E-state index in [-0.39, 0.29) is 12.3 Å². The molecule has 0 atom stereocenters. The Labute approximate surface area is 109 Å². The number of aromatic hydroxyl groups is 1. The zero-order chi connectivity index (χ0) is 14.5. The molecule has 0 aliphatic heterocycles. The average Bonchev–Trinajstić information content (AvgIpc) is 2.26. The lowest BCUT2D eigenvalue weighted by Gasteiger charge is -2.08. The number of nitrogens with one attached hydrogen (secondary N) is 1. The highest BCUT2D eigenvalue weighted by Crippen LogP contribution is 2.21. The van der Waals surface area contributed by atoms with Crippen molar-refractivity contribution in [3.63, 3.8) is 0 Å². The molecule has 0 unspecified atom stereocenters. The lowest BCUT2D eigenvalue weighted by molar-refractivity contribution is -0.134. The molecule has 0 aromatic heterocycles. The summed E-state index contributed by atoms with van der Waals surface area (Å²) in [5, 5.41) is 9.03. The monoisotopic (exact) mass is 297 g/mol. The van der Waals surface area contributed by atoms with Gasteiger partial charge in [-0.05, 0) is 24.1 Å². The van der Waals surface area contributed by atoms with Crippen molar-refractivity contribution < 1.29 is 26.7 Å². The summed E-state index contributed by atoms with van der Waals surface area (Å²) in [6.07, 6.45) is -5.92. The topological polar surface area (TPSA) is 66.4 Å². The van der Waals surface area contributed by atoms with Crippen LogP contribution in [0.5, 0.6) is 5.75 Å².